The van der Waals surface area contributed by atoms with E-state index in [0.29, 0.717) is 0 Å². The van der Waals surface area contributed by atoms with Gasteiger partial charge in [-0.2, -0.15) is 0 Å². The summed E-state index contributed by atoms with van der Waals surface area (Å²) in [6.45, 7) is 10.7. The molecule has 0 aromatic rings. The summed E-state index contributed by atoms with van der Waals surface area (Å²) < 4.78 is 5.20. The van der Waals surface area contributed by atoms with E-state index in [9.17, 15) is 14.7 Å². The molecule has 0 radical (unpaired) electrons. The highest BCUT2D eigenvalue weighted by Gasteiger charge is 2.42. The molecule has 1 heterocycles. The van der Waals surface area contributed by atoms with Crippen LogP contribution in [-0.2, 0) is 9.53 Å². The lowest BCUT2D eigenvalue weighted by molar-refractivity contribution is -0.128. The Morgan fingerprint density at radius 3 is 2.26 bits per heavy atom. The maximum Gasteiger partial charge on any atom is 0.417 e. The van der Waals surface area contributed by atoms with Crippen LogP contribution in [0.4, 0.5) is 4.79 Å². The van der Waals surface area contributed by atoms with Crippen LogP contribution in [0, 0.1) is 5.41 Å². The highest BCUT2D eigenvalue weighted by Crippen LogP contribution is 2.28. The van der Waals surface area contributed by atoms with Gasteiger partial charge in [0.05, 0.1) is 12.1 Å². The largest absolute Gasteiger partial charge is 0.443 e. The number of amides is 2. The van der Waals surface area contributed by atoms with Crippen molar-refractivity contribution in [3.8, 4) is 0 Å². The maximum absolute atomic E-state index is 12.0. The van der Waals surface area contributed by atoms with Crippen molar-refractivity contribution in [3.05, 3.63) is 12.2 Å². The molecule has 0 bridgehead atoms. The van der Waals surface area contributed by atoms with E-state index in [1.165, 1.54) is 6.08 Å². The minimum atomic E-state index is -0.845. The molecule has 0 saturated carbocycles. The molecule has 5 heteroatoms. The molecule has 1 rings (SSSR count). The smallest absolute Gasteiger partial charge is 0.417 e. The van der Waals surface area contributed by atoms with Crippen LogP contribution in [0.15, 0.2) is 12.2 Å². The molecule has 1 aliphatic rings. The zero-order valence-electron chi connectivity index (χ0n) is 12.4. The number of rotatable bonds is 1. The summed E-state index contributed by atoms with van der Waals surface area (Å²) in [6.07, 6.45) is 1.27. The summed E-state index contributed by atoms with van der Waals surface area (Å²) in [5.41, 5.74) is -1.13. The summed E-state index contributed by atoms with van der Waals surface area (Å²) in [5, 5.41) is 10.3. The van der Waals surface area contributed by atoms with E-state index in [1.807, 2.05) is 20.8 Å². The molecule has 0 fully saturated rings. The van der Waals surface area contributed by atoms with Crippen LogP contribution in [0.2, 0.25) is 0 Å². The minimum Gasteiger partial charge on any atom is -0.443 e. The molecule has 0 saturated heterocycles. The number of nitrogens with zero attached hydrogens (tertiary/aromatic N) is 1. The van der Waals surface area contributed by atoms with Crippen molar-refractivity contribution in [1.29, 1.82) is 0 Å². The van der Waals surface area contributed by atoms with Crippen molar-refractivity contribution in [1.82, 2.24) is 4.90 Å². The van der Waals surface area contributed by atoms with Crippen LogP contribution in [0.5, 0.6) is 0 Å². The van der Waals surface area contributed by atoms with E-state index in [4.69, 9.17) is 4.74 Å². The fraction of sp³-hybridized carbons (Fsp3) is 0.714. The second-order valence-corrected chi connectivity index (χ2v) is 6.85. The third-order valence-corrected chi connectivity index (χ3v) is 2.77. The fourth-order valence-electron chi connectivity index (χ4n) is 1.78. The van der Waals surface area contributed by atoms with Crippen molar-refractivity contribution in [3.63, 3.8) is 0 Å². The van der Waals surface area contributed by atoms with E-state index in [2.05, 4.69) is 0 Å². The number of aliphatic hydroxyl groups excluding tert-OH is 1. The first-order valence-electron chi connectivity index (χ1n) is 6.36. The lowest BCUT2D eigenvalue weighted by Gasteiger charge is -2.35. The Labute approximate surface area is 114 Å². The summed E-state index contributed by atoms with van der Waals surface area (Å²) >= 11 is 0. The molecule has 19 heavy (non-hydrogen) atoms. The van der Waals surface area contributed by atoms with Crippen LogP contribution in [0.1, 0.15) is 41.5 Å². The standard InChI is InChI=1S/C14H23NO4/c1-13(2,3)11(17)9-7-8-10(16)15(9)12(18)19-14(4,5)6/h7-9,11,17H,1-6H3/t9-,11-/m0/s1. The summed E-state index contributed by atoms with van der Waals surface area (Å²) in [4.78, 5) is 24.8. The predicted molar refractivity (Wildman–Crippen MR) is 71.5 cm³/mol. The Kier molecular flexibility index (Phi) is 4.10. The molecule has 1 aliphatic heterocycles. The van der Waals surface area contributed by atoms with E-state index in [0.717, 1.165) is 4.90 Å². The van der Waals surface area contributed by atoms with Gasteiger partial charge in [0.15, 0.2) is 0 Å². The normalized spacial score (nSPS) is 21.7. The molecule has 0 aromatic heterocycles. The summed E-state index contributed by atoms with van der Waals surface area (Å²) in [6, 6.07) is -0.678. The average Bonchev–Trinajstić information content (AvgIpc) is 2.54. The van der Waals surface area contributed by atoms with E-state index >= 15 is 0 Å². The van der Waals surface area contributed by atoms with Gasteiger partial charge in [-0.3, -0.25) is 4.79 Å². The first-order chi connectivity index (χ1) is 8.43. The lowest BCUT2D eigenvalue weighted by atomic mass is 9.84. The van der Waals surface area contributed by atoms with Crippen molar-refractivity contribution in [2.45, 2.75) is 59.3 Å². The zero-order valence-corrected chi connectivity index (χ0v) is 12.4. The van der Waals surface area contributed by atoms with Gasteiger partial charge in [-0.1, -0.05) is 26.8 Å². The number of hydrogen-bond acceptors (Lipinski definition) is 4. The number of carbonyl (C=O) groups excluding carboxylic acids is 2. The molecule has 0 spiro atoms. The number of aliphatic hydroxyl groups is 1. The highest BCUT2D eigenvalue weighted by molar-refractivity contribution is 6.01. The molecule has 1 N–H and O–H groups in total. The molecule has 2 amide bonds. The predicted octanol–water partition coefficient (Wildman–Crippen LogP) is 2.10. The molecule has 0 aromatic carbocycles. The van der Waals surface area contributed by atoms with Gasteiger partial charge in [-0.25, -0.2) is 9.69 Å². The van der Waals surface area contributed by atoms with Crippen molar-refractivity contribution in [2.75, 3.05) is 0 Å². The number of hydrogen-bond donors (Lipinski definition) is 1. The molecule has 2 atom stereocenters. The van der Waals surface area contributed by atoms with Crippen molar-refractivity contribution in [2.24, 2.45) is 5.41 Å². The van der Waals surface area contributed by atoms with E-state index in [1.54, 1.807) is 26.8 Å². The van der Waals surface area contributed by atoms with Gasteiger partial charge >= 0.3 is 6.09 Å². The van der Waals surface area contributed by atoms with Gasteiger partial charge in [0.2, 0.25) is 0 Å². The van der Waals surface area contributed by atoms with Gasteiger partial charge in [0.1, 0.15) is 5.60 Å². The van der Waals surface area contributed by atoms with Gasteiger partial charge in [-0.05, 0) is 26.2 Å². The molecule has 108 valence electrons. The van der Waals surface area contributed by atoms with Crippen molar-refractivity contribution < 1.29 is 19.4 Å². The lowest BCUT2D eigenvalue weighted by Crippen LogP contribution is -2.51. The second-order valence-electron chi connectivity index (χ2n) is 6.85. The third kappa shape index (κ3) is 3.80. The number of imide groups is 1. The SMILES string of the molecule is CC(C)(C)OC(=O)N1C(=O)C=C[C@H]1[C@H](O)C(C)(C)C. The average molecular weight is 269 g/mol. The van der Waals surface area contributed by atoms with Crippen molar-refractivity contribution >= 4 is 12.0 Å². The van der Waals surface area contributed by atoms with Gasteiger partial charge in [0, 0.05) is 6.08 Å². The minimum absolute atomic E-state index is 0.445. The summed E-state index contributed by atoms with van der Waals surface area (Å²) in [5.74, 6) is -0.456. The van der Waals surface area contributed by atoms with E-state index in [-0.39, 0.29) is 0 Å². The molecular formula is C14H23NO4. The Morgan fingerprint density at radius 2 is 1.84 bits per heavy atom. The zero-order chi connectivity index (χ0) is 15.0. The van der Waals surface area contributed by atoms with Gasteiger partial charge < -0.3 is 9.84 Å². The van der Waals surface area contributed by atoms with Crippen LogP contribution >= 0.6 is 0 Å². The molecule has 5 nitrogen and oxygen atoms in total. The van der Waals surface area contributed by atoms with Crippen LogP contribution < -0.4 is 0 Å². The third-order valence-electron chi connectivity index (χ3n) is 2.77. The maximum atomic E-state index is 12.0. The highest BCUT2D eigenvalue weighted by atomic mass is 16.6. The summed E-state index contributed by atoms with van der Waals surface area (Å²) in [7, 11) is 0. The van der Waals surface area contributed by atoms with Gasteiger partial charge in [0.25, 0.3) is 5.91 Å². The number of ether oxygens (including phenoxy) is 1. The Hall–Kier alpha value is -1.36. The molecule has 0 aliphatic carbocycles. The number of carbonyl (C=O) groups is 2. The first kappa shape index (κ1) is 15.7. The van der Waals surface area contributed by atoms with Crippen LogP contribution in [0.3, 0.4) is 0 Å². The van der Waals surface area contributed by atoms with Gasteiger partial charge in [-0.15, -0.1) is 0 Å². The monoisotopic (exact) mass is 269 g/mol. The fourth-order valence-corrected chi connectivity index (χ4v) is 1.78. The topological polar surface area (TPSA) is 66.8 Å². The van der Waals surface area contributed by atoms with Crippen LogP contribution in [-0.4, -0.2) is 39.8 Å². The Bertz CT molecular complexity index is 401. The molecular weight excluding hydrogens is 246 g/mol. The second kappa shape index (κ2) is 4.96. The Balaban J connectivity index is 2.92. The van der Waals surface area contributed by atoms with Crippen LogP contribution in [0.25, 0.3) is 0 Å². The Morgan fingerprint density at radius 1 is 1.32 bits per heavy atom. The quantitative estimate of drug-likeness (QED) is 0.791. The first-order valence-corrected chi connectivity index (χ1v) is 6.36. The van der Waals surface area contributed by atoms with E-state index < -0.39 is 35.2 Å². The molecule has 0 unspecified atom stereocenters.